The molecule has 0 saturated carbocycles. The van der Waals surface area contributed by atoms with E-state index in [-0.39, 0.29) is 28.4 Å². The fraction of sp³-hybridized carbons (Fsp3) is 0.333. The quantitative estimate of drug-likeness (QED) is 0.161. The Morgan fingerprint density at radius 2 is 0.875 bits per heavy atom. The number of hydrogen-bond acceptors (Lipinski definition) is 4. The van der Waals surface area contributed by atoms with Gasteiger partial charge in [-0.25, -0.2) is 0 Å². The number of thiophene rings is 2. The monoisotopic (exact) mass is 773 g/mol. The van der Waals surface area contributed by atoms with Crippen LogP contribution in [0.3, 0.4) is 0 Å². The van der Waals surface area contributed by atoms with E-state index in [0.29, 0.717) is 5.56 Å². The molecule has 0 amide bonds. The maximum Gasteiger partial charge on any atom is 0.256 e. The molecule has 284 valence electrons. The van der Waals surface area contributed by atoms with E-state index in [2.05, 4.69) is 178 Å². The van der Waals surface area contributed by atoms with Gasteiger partial charge in [-0.1, -0.05) is 144 Å². The van der Waals surface area contributed by atoms with Crippen LogP contribution in [0.4, 0.5) is 32.8 Å². The molecule has 9 rings (SSSR count). The largest absolute Gasteiger partial charge is 0.303 e. The Balaban J connectivity index is 1.47. The SMILES string of the molecule is [2H]C([2H])([2H])c1cc2c3c(c1)N(c1ccc(C(C)(C)C)cc1)c1sc4c(C(C)(C)C)cccc4c1B3c1c(sc3c(C(C)(C)C)cccc13)N2c1ccc(C(C)(C)C)cc1. The molecule has 0 unspecified atom stereocenters. The van der Waals surface area contributed by atoms with Gasteiger partial charge in [-0.15, -0.1) is 22.7 Å². The lowest BCUT2D eigenvalue weighted by Crippen LogP contribution is -2.60. The summed E-state index contributed by atoms with van der Waals surface area (Å²) in [5.74, 6) is 0. The first-order chi connectivity index (χ1) is 27.4. The topological polar surface area (TPSA) is 6.48 Å². The Labute approximate surface area is 347 Å². The standard InChI is InChI=1S/C51H55BN2S2/c1-30-28-39-43-40(29-30)54(34-26-22-32(23-27-34)49(5,6)7)47-42(36-17-15-19-38(45(36)56-47)51(11,12)13)52(43)41-35-16-14-18-37(50(8,9)10)44(35)55-46(41)53(39)33-24-20-31(21-25-33)48(2,3)4/h14-29H,1-13H3/i1D3. The third kappa shape index (κ3) is 5.70. The zero-order valence-electron chi connectivity index (χ0n) is 38.0. The molecule has 0 atom stereocenters. The van der Waals surface area contributed by atoms with E-state index < -0.39 is 6.85 Å². The summed E-state index contributed by atoms with van der Waals surface area (Å²) >= 11 is 3.72. The molecule has 0 saturated heterocycles. The third-order valence-electron chi connectivity index (χ3n) is 12.0. The van der Waals surface area contributed by atoms with Crippen LogP contribution in [0.5, 0.6) is 0 Å². The van der Waals surface area contributed by atoms with Crippen molar-refractivity contribution in [3.05, 3.63) is 125 Å². The molecular weight excluding hydrogens is 716 g/mol. The highest BCUT2D eigenvalue weighted by Crippen LogP contribution is 2.52. The number of fused-ring (bicyclic) bond motifs is 8. The molecule has 0 spiro atoms. The summed E-state index contributed by atoms with van der Waals surface area (Å²) in [6, 6.07) is 35.6. The summed E-state index contributed by atoms with van der Waals surface area (Å²) in [6.07, 6.45) is 0. The summed E-state index contributed by atoms with van der Waals surface area (Å²) in [5.41, 5.74) is 13.0. The molecule has 0 aliphatic carbocycles. The van der Waals surface area contributed by atoms with Crippen molar-refractivity contribution in [2.45, 2.75) is 112 Å². The lowest BCUT2D eigenvalue weighted by atomic mass is 9.33. The van der Waals surface area contributed by atoms with Crippen LogP contribution in [0.15, 0.2) is 97.1 Å². The third-order valence-corrected chi connectivity index (χ3v) is 14.4. The van der Waals surface area contributed by atoms with Crippen molar-refractivity contribution in [3.8, 4) is 0 Å². The highest BCUT2D eigenvalue weighted by atomic mass is 32.1. The van der Waals surface area contributed by atoms with Crippen molar-refractivity contribution in [1.29, 1.82) is 0 Å². The van der Waals surface area contributed by atoms with Crippen molar-refractivity contribution in [1.82, 2.24) is 0 Å². The molecule has 2 aromatic heterocycles. The van der Waals surface area contributed by atoms with Gasteiger partial charge in [0.25, 0.3) is 6.71 Å². The molecule has 0 N–H and O–H groups in total. The average molecular weight is 774 g/mol. The minimum absolute atomic E-state index is 0.0123. The highest BCUT2D eigenvalue weighted by molar-refractivity contribution is 7.29. The molecule has 56 heavy (non-hydrogen) atoms. The van der Waals surface area contributed by atoms with Gasteiger partial charge in [-0.3, -0.25) is 0 Å². The Morgan fingerprint density at radius 3 is 1.21 bits per heavy atom. The Hall–Kier alpha value is -4.32. The number of nitrogens with zero attached hydrogens (tertiary/aromatic N) is 2. The van der Waals surface area contributed by atoms with Gasteiger partial charge in [-0.2, -0.15) is 0 Å². The predicted molar refractivity (Wildman–Crippen MR) is 251 cm³/mol. The van der Waals surface area contributed by atoms with Crippen molar-refractivity contribution in [3.63, 3.8) is 0 Å². The number of aryl methyl sites for hydroxylation is 1. The fourth-order valence-electron chi connectivity index (χ4n) is 9.00. The summed E-state index contributed by atoms with van der Waals surface area (Å²) in [4.78, 5) is 4.79. The molecular formula is C51H55BN2S2. The second-order valence-electron chi connectivity index (χ2n) is 20.1. The van der Waals surface area contributed by atoms with Crippen molar-refractivity contribution in [2.75, 3.05) is 9.80 Å². The Morgan fingerprint density at radius 1 is 0.482 bits per heavy atom. The van der Waals surface area contributed by atoms with Gasteiger partial charge in [0.2, 0.25) is 0 Å². The first kappa shape index (κ1) is 33.8. The molecule has 2 aliphatic heterocycles. The van der Waals surface area contributed by atoms with Gasteiger partial charge in [-0.05, 0) is 120 Å². The van der Waals surface area contributed by atoms with Gasteiger partial charge in [0.1, 0.15) is 0 Å². The molecule has 2 nitrogen and oxygen atoms in total. The summed E-state index contributed by atoms with van der Waals surface area (Å²) < 4.78 is 29.4. The first-order valence-electron chi connectivity index (χ1n) is 21.6. The second-order valence-corrected chi connectivity index (χ2v) is 22.1. The Kier molecular flexibility index (Phi) is 7.45. The maximum absolute atomic E-state index is 8.93. The smallest absolute Gasteiger partial charge is 0.256 e. The molecule has 0 bridgehead atoms. The van der Waals surface area contributed by atoms with E-state index in [0.717, 1.165) is 38.2 Å². The number of hydrogen-bond donors (Lipinski definition) is 0. The number of rotatable bonds is 2. The summed E-state index contributed by atoms with van der Waals surface area (Å²) in [7, 11) is 0. The van der Waals surface area contributed by atoms with Gasteiger partial charge in [0.15, 0.2) is 0 Å². The van der Waals surface area contributed by atoms with E-state index in [9.17, 15) is 0 Å². The van der Waals surface area contributed by atoms with Crippen LogP contribution >= 0.6 is 22.7 Å². The average Bonchev–Trinajstić information content (AvgIpc) is 3.72. The van der Waals surface area contributed by atoms with E-state index in [4.69, 9.17) is 4.11 Å². The Bertz CT molecular complexity index is 2620. The van der Waals surface area contributed by atoms with Crippen LogP contribution in [-0.2, 0) is 21.7 Å². The van der Waals surface area contributed by atoms with E-state index in [1.54, 1.807) is 0 Å². The molecule has 5 aromatic carbocycles. The zero-order valence-corrected chi connectivity index (χ0v) is 36.7. The summed E-state index contributed by atoms with van der Waals surface area (Å²) in [5, 5.41) is 4.86. The normalized spacial score (nSPS) is 15.4. The minimum atomic E-state index is -2.33. The van der Waals surface area contributed by atoms with E-state index in [1.807, 2.05) is 34.8 Å². The van der Waals surface area contributed by atoms with E-state index in [1.165, 1.54) is 53.4 Å². The van der Waals surface area contributed by atoms with Crippen LogP contribution in [0.2, 0.25) is 0 Å². The molecule has 5 heteroatoms. The minimum Gasteiger partial charge on any atom is -0.303 e. The van der Waals surface area contributed by atoms with Crippen LogP contribution in [0.25, 0.3) is 20.2 Å². The lowest BCUT2D eigenvalue weighted by Gasteiger charge is -2.42. The number of benzene rings is 5. The van der Waals surface area contributed by atoms with Crippen molar-refractivity contribution >= 4 is 98.7 Å². The second kappa shape index (κ2) is 12.3. The highest BCUT2D eigenvalue weighted by Gasteiger charge is 2.47. The van der Waals surface area contributed by atoms with Crippen LogP contribution in [-0.4, -0.2) is 6.71 Å². The fourth-order valence-corrected chi connectivity index (χ4v) is 12.2. The van der Waals surface area contributed by atoms with Gasteiger partial charge >= 0.3 is 0 Å². The maximum atomic E-state index is 8.93. The van der Waals surface area contributed by atoms with Crippen LogP contribution < -0.4 is 26.2 Å². The molecule has 2 aliphatic rings. The van der Waals surface area contributed by atoms with Gasteiger partial charge in [0, 0.05) is 36.3 Å². The number of anilines is 6. The molecule has 0 fully saturated rings. The van der Waals surface area contributed by atoms with Crippen LogP contribution in [0, 0.1) is 6.85 Å². The van der Waals surface area contributed by atoms with Gasteiger partial charge in [0.05, 0.1) is 10.0 Å². The zero-order chi connectivity index (χ0) is 42.4. The van der Waals surface area contributed by atoms with E-state index >= 15 is 0 Å². The van der Waals surface area contributed by atoms with Crippen molar-refractivity contribution in [2.24, 2.45) is 0 Å². The molecule has 0 radical (unpaired) electrons. The molecule has 7 aromatic rings. The van der Waals surface area contributed by atoms with Crippen molar-refractivity contribution < 1.29 is 4.11 Å². The first-order valence-corrected chi connectivity index (χ1v) is 21.7. The molecule has 4 heterocycles. The lowest BCUT2D eigenvalue weighted by molar-refractivity contribution is 0.590. The predicted octanol–water partition coefficient (Wildman–Crippen LogP) is 13.7. The van der Waals surface area contributed by atoms with Crippen LogP contribution in [0.1, 0.15) is 115 Å². The van der Waals surface area contributed by atoms with Gasteiger partial charge < -0.3 is 9.80 Å². The summed E-state index contributed by atoms with van der Waals surface area (Å²) in [6.45, 7) is 24.9.